The molecule has 7 heteroatoms. The van der Waals surface area contributed by atoms with Gasteiger partial charge in [0.15, 0.2) is 11.6 Å². The Morgan fingerprint density at radius 1 is 1.12 bits per heavy atom. The van der Waals surface area contributed by atoms with Gasteiger partial charge in [0.2, 0.25) is 0 Å². The second-order valence-corrected chi connectivity index (χ2v) is 5.63. The van der Waals surface area contributed by atoms with Crippen LogP contribution in [0.5, 0.6) is 11.5 Å². The Morgan fingerprint density at radius 3 is 2.65 bits per heavy atom. The van der Waals surface area contributed by atoms with Gasteiger partial charge < -0.3 is 19.5 Å². The van der Waals surface area contributed by atoms with E-state index in [4.69, 9.17) is 14.2 Å². The molecular formula is C19H21F2NO4. The summed E-state index contributed by atoms with van der Waals surface area (Å²) >= 11 is 0. The van der Waals surface area contributed by atoms with E-state index in [1.807, 2.05) is 0 Å². The maximum absolute atomic E-state index is 13.5. The fraction of sp³-hybridized carbons (Fsp3) is 0.316. The van der Waals surface area contributed by atoms with Gasteiger partial charge in [0.25, 0.3) is 5.91 Å². The first kappa shape index (κ1) is 19.7. The summed E-state index contributed by atoms with van der Waals surface area (Å²) in [5.41, 5.74) is 0.430. The minimum atomic E-state index is -0.788. The van der Waals surface area contributed by atoms with Gasteiger partial charge in [-0.15, -0.1) is 0 Å². The summed E-state index contributed by atoms with van der Waals surface area (Å²) < 4.78 is 42.1. The van der Waals surface area contributed by atoms with Crippen LogP contribution in [0.15, 0.2) is 42.5 Å². The maximum atomic E-state index is 13.5. The number of methoxy groups -OCH3 is 1. The number of amides is 1. The van der Waals surface area contributed by atoms with Crippen molar-refractivity contribution >= 4 is 5.91 Å². The van der Waals surface area contributed by atoms with E-state index in [-0.39, 0.29) is 24.3 Å². The molecule has 0 heterocycles. The number of nitrogens with one attached hydrogen (secondary N) is 1. The third kappa shape index (κ3) is 6.00. The van der Waals surface area contributed by atoms with Crippen molar-refractivity contribution in [2.45, 2.75) is 13.0 Å². The van der Waals surface area contributed by atoms with Gasteiger partial charge in [-0.3, -0.25) is 4.79 Å². The lowest BCUT2D eigenvalue weighted by Gasteiger charge is -2.16. The highest BCUT2D eigenvalue weighted by atomic mass is 19.1. The third-order valence-electron chi connectivity index (χ3n) is 3.41. The van der Waals surface area contributed by atoms with E-state index in [9.17, 15) is 13.6 Å². The zero-order valence-corrected chi connectivity index (χ0v) is 14.6. The molecule has 5 nitrogen and oxygen atoms in total. The van der Waals surface area contributed by atoms with Crippen molar-refractivity contribution in [3.8, 4) is 11.5 Å². The molecule has 0 saturated carbocycles. The summed E-state index contributed by atoms with van der Waals surface area (Å²) in [6.07, 6.45) is 0. The quantitative estimate of drug-likeness (QED) is 0.694. The predicted molar refractivity (Wildman–Crippen MR) is 92.6 cm³/mol. The topological polar surface area (TPSA) is 56.8 Å². The molecule has 0 fully saturated rings. The molecule has 1 atom stereocenters. The SMILES string of the molecule is COCCOc1cccc(C(=O)NC(C)COc2ccc(F)cc2F)c1. The van der Waals surface area contributed by atoms with E-state index in [0.717, 1.165) is 12.1 Å². The van der Waals surface area contributed by atoms with Crippen LogP contribution in [-0.2, 0) is 4.74 Å². The zero-order chi connectivity index (χ0) is 18.9. The van der Waals surface area contributed by atoms with Crippen molar-refractivity contribution in [2.75, 3.05) is 26.9 Å². The summed E-state index contributed by atoms with van der Waals surface area (Å²) in [5, 5.41) is 2.75. The molecule has 0 aromatic heterocycles. The van der Waals surface area contributed by atoms with E-state index >= 15 is 0 Å². The van der Waals surface area contributed by atoms with Crippen LogP contribution in [0.4, 0.5) is 8.78 Å². The van der Waals surface area contributed by atoms with Crippen LogP contribution in [-0.4, -0.2) is 38.9 Å². The van der Waals surface area contributed by atoms with Crippen LogP contribution in [0.2, 0.25) is 0 Å². The van der Waals surface area contributed by atoms with Crippen molar-refractivity contribution in [1.29, 1.82) is 0 Å². The summed E-state index contributed by atoms with van der Waals surface area (Å²) in [5.74, 6) is -1.28. The van der Waals surface area contributed by atoms with Gasteiger partial charge in [-0.1, -0.05) is 6.07 Å². The van der Waals surface area contributed by atoms with E-state index in [2.05, 4.69) is 5.32 Å². The molecule has 2 rings (SSSR count). The van der Waals surface area contributed by atoms with Crippen LogP contribution in [0.1, 0.15) is 17.3 Å². The smallest absolute Gasteiger partial charge is 0.251 e. The second-order valence-electron chi connectivity index (χ2n) is 5.63. The van der Waals surface area contributed by atoms with Gasteiger partial charge in [-0.05, 0) is 37.3 Å². The predicted octanol–water partition coefficient (Wildman–Crippen LogP) is 3.19. The lowest BCUT2D eigenvalue weighted by molar-refractivity contribution is 0.0925. The second kappa shape index (κ2) is 9.72. The molecule has 1 N–H and O–H groups in total. The van der Waals surface area contributed by atoms with Crippen LogP contribution < -0.4 is 14.8 Å². The molecular weight excluding hydrogens is 344 g/mol. The molecule has 1 unspecified atom stereocenters. The lowest BCUT2D eigenvalue weighted by Crippen LogP contribution is -2.36. The van der Waals surface area contributed by atoms with Gasteiger partial charge in [0.05, 0.1) is 12.6 Å². The summed E-state index contributed by atoms with van der Waals surface area (Å²) in [7, 11) is 1.58. The Morgan fingerprint density at radius 2 is 1.92 bits per heavy atom. The Hall–Kier alpha value is -2.67. The highest BCUT2D eigenvalue weighted by Crippen LogP contribution is 2.18. The van der Waals surface area contributed by atoms with E-state index in [0.29, 0.717) is 24.5 Å². The van der Waals surface area contributed by atoms with Crippen molar-refractivity contribution < 1.29 is 27.8 Å². The molecule has 2 aromatic rings. The fourth-order valence-corrected chi connectivity index (χ4v) is 2.13. The highest BCUT2D eigenvalue weighted by molar-refractivity contribution is 5.94. The third-order valence-corrected chi connectivity index (χ3v) is 3.41. The van der Waals surface area contributed by atoms with Crippen molar-refractivity contribution in [1.82, 2.24) is 5.32 Å². The Labute approximate surface area is 150 Å². The minimum Gasteiger partial charge on any atom is -0.491 e. The monoisotopic (exact) mass is 365 g/mol. The van der Waals surface area contributed by atoms with Crippen LogP contribution >= 0.6 is 0 Å². The van der Waals surface area contributed by atoms with E-state index in [1.54, 1.807) is 38.3 Å². The normalized spacial score (nSPS) is 11.7. The maximum Gasteiger partial charge on any atom is 0.251 e. The summed E-state index contributed by atoms with van der Waals surface area (Å²) in [4.78, 5) is 12.3. The Balaban J connectivity index is 1.87. The van der Waals surface area contributed by atoms with E-state index in [1.165, 1.54) is 6.07 Å². The largest absolute Gasteiger partial charge is 0.491 e. The Kier molecular flexibility index (Phi) is 7.35. The number of hydrogen-bond acceptors (Lipinski definition) is 4. The molecule has 2 aromatic carbocycles. The van der Waals surface area contributed by atoms with Crippen molar-refractivity contribution in [3.63, 3.8) is 0 Å². The molecule has 0 radical (unpaired) electrons. The zero-order valence-electron chi connectivity index (χ0n) is 14.6. The molecule has 0 saturated heterocycles. The summed E-state index contributed by atoms with van der Waals surface area (Å²) in [6, 6.07) is 9.42. The van der Waals surface area contributed by atoms with Crippen molar-refractivity contribution in [3.05, 3.63) is 59.7 Å². The van der Waals surface area contributed by atoms with Gasteiger partial charge in [0, 0.05) is 18.7 Å². The molecule has 1 amide bonds. The number of carbonyl (C=O) groups is 1. The number of ether oxygens (including phenoxy) is 3. The lowest BCUT2D eigenvalue weighted by atomic mass is 10.2. The first-order valence-corrected chi connectivity index (χ1v) is 8.10. The number of rotatable bonds is 9. The number of benzene rings is 2. The molecule has 0 aliphatic carbocycles. The van der Waals surface area contributed by atoms with Crippen LogP contribution in [0, 0.1) is 11.6 Å². The first-order valence-electron chi connectivity index (χ1n) is 8.10. The molecule has 0 spiro atoms. The molecule has 0 aliphatic rings. The Bertz CT molecular complexity index is 739. The molecule has 26 heavy (non-hydrogen) atoms. The van der Waals surface area contributed by atoms with Gasteiger partial charge in [-0.2, -0.15) is 0 Å². The summed E-state index contributed by atoms with van der Waals surface area (Å²) in [6.45, 7) is 2.59. The van der Waals surface area contributed by atoms with Crippen LogP contribution in [0.25, 0.3) is 0 Å². The first-order chi connectivity index (χ1) is 12.5. The fourth-order valence-electron chi connectivity index (χ4n) is 2.13. The standard InChI is InChI=1S/C19H21F2NO4/c1-13(12-26-18-7-6-15(20)11-17(18)21)22-19(23)14-4-3-5-16(10-14)25-9-8-24-2/h3-7,10-11,13H,8-9,12H2,1-2H3,(H,22,23). The number of hydrogen-bond donors (Lipinski definition) is 1. The van der Waals surface area contributed by atoms with Crippen molar-refractivity contribution in [2.24, 2.45) is 0 Å². The molecule has 0 bridgehead atoms. The average Bonchev–Trinajstić information content (AvgIpc) is 2.61. The van der Waals surface area contributed by atoms with Gasteiger partial charge >= 0.3 is 0 Å². The minimum absolute atomic E-state index is 0.0400. The van der Waals surface area contributed by atoms with Crippen LogP contribution in [0.3, 0.4) is 0 Å². The van der Waals surface area contributed by atoms with E-state index < -0.39 is 11.6 Å². The van der Waals surface area contributed by atoms with Gasteiger partial charge in [0.1, 0.15) is 24.8 Å². The highest BCUT2D eigenvalue weighted by Gasteiger charge is 2.12. The number of halogens is 2. The van der Waals surface area contributed by atoms with Gasteiger partial charge in [-0.25, -0.2) is 8.78 Å². The molecule has 0 aliphatic heterocycles. The average molecular weight is 365 g/mol. The molecule has 140 valence electrons. The number of carbonyl (C=O) groups excluding carboxylic acids is 1.